The van der Waals surface area contributed by atoms with Crippen molar-refractivity contribution in [1.82, 2.24) is 0 Å². The molecule has 1 aromatic carbocycles. The zero-order chi connectivity index (χ0) is 11.0. The van der Waals surface area contributed by atoms with E-state index in [2.05, 4.69) is 16.9 Å². The van der Waals surface area contributed by atoms with Gasteiger partial charge in [-0.15, -0.1) is 0 Å². The van der Waals surface area contributed by atoms with Crippen LogP contribution in [0.5, 0.6) is 0 Å². The molecule has 1 aromatic rings. The maximum absolute atomic E-state index is 12.2. The van der Waals surface area contributed by atoms with Gasteiger partial charge < -0.3 is 4.72 Å². The van der Waals surface area contributed by atoms with E-state index in [1.165, 1.54) is 6.42 Å². The summed E-state index contributed by atoms with van der Waals surface area (Å²) in [7, 11) is -0.947. The lowest BCUT2D eigenvalue weighted by Gasteiger charge is -2.18. The average Bonchev–Trinajstić information content (AvgIpc) is 2.92. The van der Waals surface area contributed by atoms with Crippen molar-refractivity contribution < 1.29 is 4.21 Å². The molecule has 84 valence electrons. The lowest BCUT2D eigenvalue weighted by molar-refractivity contribution is 0.645. The van der Waals surface area contributed by atoms with Crippen LogP contribution in [-0.2, 0) is 11.0 Å². The average molecular weight is 233 g/mol. The monoisotopic (exact) mass is 233 g/mol. The molecule has 4 atom stereocenters. The molecule has 3 heteroatoms. The minimum Gasteiger partial charge on any atom is -0.305 e. The largest absolute Gasteiger partial charge is 0.305 e. The summed E-state index contributed by atoms with van der Waals surface area (Å²) in [6.07, 6.45) is 6.80. The number of fused-ring (bicyclic) bond motifs is 2. The summed E-state index contributed by atoms with van der Waals surface area (Å²) in [5.74, 6) is 1.21. The van der Waals surface area contributed by atoms with E-state index in [0.29, 0.717) is 17.1 Å². The lowest BCUT2D eigenvalue weighted by Crippen LogP contribution is -2.25. The molecule has 2 aliphatic rings. The van der Waals surface area contributed by atoms with Gasteiger partial charge >= 0.3 is 0 Å². The number of rotatable bonds is 3. The number of nitrogens with one attached hydrogen (secondary N) is 1. The van der Waals surface area contributed by atoms with Gasteiger partial charge in [0.15, 0.2) is 0 Å². The number of hydrogen-bond donors (Lipinski definition) is 1. The third kappa shape index (κ3) is 1.80. The highest BCUT2D eigenvalue weighted by molar-refractivity contribution is 7.87. The third-order valence-electron chi connectivity index (χ3n) is 3.49. The van der Waals surface area contributed by atoms with Crippen molar-refractivity contribution in [2.24, 2.45) is 11.8 Å². The predicted molar refractivity (Wildman–Crippen MR) is 67.3 cm³/mol. The van der Waals surface area contributed by atoms with Gasteiger partial charge in [0.25, 0.3) is 0 Å². The number of anilines is 1. The van der Waals surface area contributed by atoms with E-state index >= 15 is 0 Å². The van der Waals surface area contributed by atoms with Gasteiger partial charge in [0, 0.05) is 5.69 Å². The van der Waals surface area contributed by atoms with Crippen LogP contribution in [0.3, 0.4) is 0 Å². The van der Waals surface area contributed by atoms with Gasteiger partial charge in [0.05, 0.1) is 5.25 Å². The van der Waals surface area contributed by atoms with Gasteiger partial charge in [0.2, 0.25) is 0 Å². The van der Waals surface area contributed by atoms with Gasteiger partial charge in [-0.2, -0.15) is 0 Å². The Kier molecular flexibility index (Phi) is 2.56. The molecule has 0 amide bonds. The minimum atomic E-state index is -0.947. The molecule has 0 saturated heterocycles. The molecule has 0 aromatic heterocycles. The Labute approximate surface area is 98.3 Å². The molecule has 0 heterocycles. The van der Waals surface area contributed by atoms with Crippen molar-refractivity contribution in [3.8, 4) is 0 Å². The number of allylic oxidation sites excluding steroid dienone is 2. The summed E-state index contributed by atoms with van der Waals surface area (Å²) >= 11 is 0. The molecule has 2 bridgehead atoms. The zero-order valence-electron chi connectivity index (χ0n) is 9.00. The fraction of sp³-hybridized carbons (Fsp3) is 0.385. The van der Waals surface area contributed by atoms with Crippen LogP contribution in [0.1, 0.15) is 12.8 Å². The molecule has 0 aliphatic heterocycles. The van der Waals surface area contributed by atoms with E-state index in [-0.39, 0.29) is 0 Å². The smallest absolute Gasteiger partial charge is 0.120 e. The lowest BCUT2D eigenvalue weighted by atomic mass is 10.1. The Morgan fingerprint density at radius 1 is 1.12 bits per heavy atom. The molecule has 2 nitrogen and oxygen atoms in total. The highest BCUT2D eigenvalue weighted by Gasteiger charge is 2.39. The number of para-hydroxylation sites is 1. The normalized spacial score (nSPS) is 32.9. The molecule has 0 radical (unpaired) electrons. The second-order valence-electron chi connectivity index (χ2n) is 4.58. The summed E-state index contributed by atoms with van der Waals surface area (Å²) in [5.41, 5.74) is 0.951. The second kappa shape index (κ2) is 4.06. The van der Waals surface area contributed by atoms with Crippen LogP contribution in [0, 0.1) is 11.8 Å². The molecule has 4 unspecified atom stereocenters. The molecule has 0 spiro atoms. The van der Waals surface area contributed by atoms with E-state index in [4.69, 9.17) is 0 Å². The van der Waals surface area contributed by atoms with Crippen molar-refractivity contribution in [3.05, 3.63) is 42.5 Å². The highest BCUT2D eigenvalue weighted by Crippen LogP contribution is 2.41. The molecule has 1 saturated carbocycles. The SMILES string of the molecule is O=S(Nc1ccccc1)C1CC2C=CC1C2. The first-order valence-electron chi connectivity index (χ1n) is 5.73. The summed E-state index contributed by atoms with van der Waals surface area (Å²) in [5, 5.41) is 0.301. The number of hydrogen-bond acceptors (Lipinski definition) is 1. The summed E-state index contributed by atoms with van der Waals surface area (Å²) in [6, 6.07) is 9.80. The Morgan fingerprint density at radius 2 is 1.94 bits per heavy atom. The van der Waals surface area contributed by atoms with Crippen molar-refractivity contribution in [3.63, 3.8) is 0 Å². The fourth-order valence-corrected chi connectivity index (χ4v) is 4.14. The molecule has 16 heavy (non-hydrogen) atoms. The van der Waals surface area contributed by atoms with Gasteiger partial charge in [-0.1, -0.05) is 30.4 Å². The van der Waals surface area contributed by atoms with Crippen LogP contribution in [-0.4, -0.2) is 9.46 Å². The van der Waals surface area contributed by atoms with Gasteiger partial charge in [-0.25, -0.2) is 4.21 Å². The van der Waals surface area contributed by atoms with Crippen LogP contribution in [0.15, 0.2) is 42.5 Å². The highest BCUT2D eigenvalue weighted by atomic mass is 32.2. The van der Waals surface area contributed by atoms with Gasteiger partial charge in [-0.05, 0) is 36.8 Å². The molecular weight excluding hydrogens is 218 g/mol. The van der Waals surface area contributed by atoms with Crippen LogP contribution < -0.4 is 4.72 Å². The van der Waals surface area contributed by atoms with Crippen LogP contribution in [0.2, 0.25) is 0 Å². The molecule has 2 aliphatic carbocycles. The van der Waals surface area contributed by atoms with Crippen molar-refractivity contribution >= 4 is 16.7 Å². The van der Waals surface area contributed by atoms with E-state index in [0.717, 1.165) is 12.1 Å². The Hall–Kier alpha value is -1.09. The van der Waals surface area contributed by atoms with Crippen molar-refractivity contribution in [2.45, 2.75) is 18.1 Å². The van der Waals surface area contributed by atoms with Crippen molar-refractivity contribution in [2.75, 3.05) is 4.72 Å². The molecule has 1 N–H and O–H groups in total. The summed E-state index contributed by atoms with van der Waals surface area (Å²) in [6.45, 7) is 0. The van der Waals surface area contributed by atoms with Crippen LogP contribution in [0.25, 0.3) is 0 Å². The van der Waals surface area contributed by atoms with Gasteiger partial charge in [-0.3, -0.25) is 0 Å². The van der Waals surface area contributed by atoms with Crippen LogP contribution in [0.4, 0.5) is 5.69 Å². The zero-order valence-corrected chi connectivity index (χ0v) is 9.82. The van der Waals surface area contributed by atoms with Crippen molar-refractivity contribution in [1.29, 1.82) is 0 Å². The molecule has 1 fully saturated rings. The van der Waals surface area contributed by atoms with E-state index in [9.17, 15) is 4.21 Å². The standard InChI is InChI=1S/C13H15NOS/c15-16(14-12-4-2-1-3-5-12)13-9-10-6-7-11(13)8-10/h1-7,10-11,13-14H,8-9H2. The van der Waals surface area contributed by atoms with Gasteiger partial charge in [0.1, 0.15) is 11.0 Å². The first-order valence-corrected chi connectivity index (χ1v) is 6.95. The Morgan fingerprint density at radius 3 is 2.56 bits per heavy atom. The van der Waals surface area contributed by atoms with E-state index < -0.39 is 11.0 Å². The van der Waals surface area contributed by atoms with E-state index in [1.807, 2.05) is 30.3 Å². The van der Waals surface area contributed by atoms with E-state index in [1.54, 1.807) is 0 Å². The summed E-state index contributed by atoms with van der Waals surface area (Å²) in [4.78, 5) is 0. The second-order valence-corrected chi connectivity index (χ2v) is 5.99. The molecule has 3 rings (SSSR count). The van der Waals surface area contributed by atoms with Crippen LogP contribution >= 0.6 is 0 Å². The number of benzene rings is 1. The Bertz CT molecular complexity index is 429. The molecular formula is C13H15NOS. The Balaban J connectivity index is 1.69. The quantitative estimate of drug-likeness (QED) is 0.799. The first kappa shape index (κ1) is 10.1. The minimum absolute atomic E-state index is 0.301. The maximum atomic E-state index is 12.2. The predicted octanol–water partition coefficient (Wildman–Crippen LogP) is 2.73. The third-order valence-corrected chi connectivity index (χ3v) is 5.01. The topological polar surface area (TPSA) is 29.1 Å². The fourth-order valence-electron chi connectivity index (χ4n) is 2.67. The first-order chi connectivity index (χ1) is 7.83. The summed E-state index contributed by atoms with van der Waals surface area (Å²) < 4.78 is 15.3. The maximum Gasteiger partial charge on any atom is 0.120 e.